The average molecular weight is 976 g/mol. The van der Waals surface area contributed by atoms with Gasteiger partial charge in [-0.2, -0.15) is 0 Å². The van der Waals surface area contributed by atoms with Gasteiger partial charge in [-0.05, 0) is 106 Å². The van der Waals surface area contributed by atoms with Gasteiger partial charge in [0.15, 0.2) is 0 Å². The van der Waals surface area contributed by atoms with Gasteiger partial charge in [-0.3, -0.25) is 9.55 Å². The molecule has 0 saturated heterocycles. The van der Waals surface area contributed by atoms with Crippen LogP contribution in [0.25, 0.3) is 83.9 Å². The first kappa shape index (κ1) is 38.8. The summed E-state index contributed by atoms with van der Waals surface area (Å²) in [5.41, 5.74) is 16.3. The van der Waals surface area contributed by atoms with Crippen molar-refractivity contribution in [2.45, 2.75) is 53.3 Å². The Morgan fingerprint density at radius 2 is 1.28 bits per heavy atom. The van der Waals surface area contributed by atoms with Crippen molar-refractivity contribution in [3.8, 4) is 78.6 Å². The van der Waals surface area contributed by atoms with Crippen LogP contribution in [-0.4, -0.2) is 19.6 Å². The quantitative estimate of drug-likeness (QED) is 0.147. The van der Waals surface area contributed by atoms with Crippen LogP contribution in [0.15, 0.2) is 164 Å². The van der Waals surface area contributed by atoms with E-state index < -0.39 is 11.8 Å². The monoisotopic (exact) mass is 975 g/mol. The van der Waals surface area contributed by atoms with E-state index in [1.165, 1.54) is 0 Å². The van der Waals surface area contributed by atoms with Gasteiger partial charge in [0, 0.05) is 41.4 Å². The molecule has 0 aliphatic heterocycles. The number of imidazole rings is 1. The number of aryl methyl sites for hydroxylation is 2. The molecule has 0 aliphatic carbocycles. The Bertz CT molecular complexity index is 3110. The maximum atomic E-state index is 11.7. The van der Waals surface area contributed by atoms with Gasteiger partial charge in [0.25, 0.3) is 0 Å². The van der Waals surface area contributed by atoms with Gasteiger partial charge in [-0.15, -0.1) is 23.8 Å². The molecule has 2 aromatic heterocycles. The van der Waals surface area contributed by atoms with Crippen molar-refractivity contribution < 1.29 is 28.9 Å². The molecule has 9 aromatic rings. The zero-order chi connectivity index (χ0) is 43.3. The third-order valence-electron chi connectivity index (χ3n) is 11.4. The average Bonchev–Trinajstić information content (AvgIpc) is 3.67. The van der Waals surface area contributed by atoms with Crippen LogP contribution in [0, 0.1) is 19.9 Å². The molecule has 0 unspecified atom stereocenters. The van der Waals surface area contributed by atoms with Gasteiger partial charge in [0.1, 0.15) is 11.6 Å². The maximum absolute atomic E-state index is 11.7. The molecule has 0 fully saturated rings. The summed E-state index contributed by atoms with van der Waals surface area (Å²) in [4.78, 5) is 10.3. The second-order valence-electron chi connectivity index (χ2n) is 16.1. The van der Waals surface area contributed by atoms with Crippen molar-refractivity contribution in [1.82, 2.24) is 14.5 Å². The van der Waals surface area contributed by atoms with E-state index >= 15 is 0 Å². The predicted octanol–water partition coefficient (Wildman–Crippen LogP) is 14.8. The first-order valence-corrected chi connectivity index (χ1v) is 20.5. The number of pyridine rings is 1. The van der Waals surface area contributed by atoms with E-state index in [-0.39, 0.29) is 26.8 Å². The smallest absolute Gasteiger partial charge is 0.148 e. The fraction of sp³-hybridized carbons (Fsp3) is 0.143. The number of benzene rings is 7. The molecule has 1 N–H and O–H groups in total. The Morgan fingerprint density at radius 3 is 1.98 bits per heavy atom. The number of rotatable bonds is 9. The molecule has 4 nitrogen and oxygen atoms in total. The molecular weight excluding hydrogens is 926 g/mol. The van der Waals surface area contributed by atoms with Gasteiger partial charge in [-0.1, -0.05) is 160 Å². The van der Waals surface area contributed by atoms with Crippen molar-refractivity contribution in [3.63, 3.8) is 0 Å². The fourth-order valence-electron chi connectivity index (χ4n) is 8.25. The molecule has 0 amide bonds. The maximum Gasteiger partial charge on any atom is 0.148 e. The Labute approximate surface area is 376 Å². The molecule has 0 radical (unpaired) electrons. The van der Waals surface area contributed by atoms with Crippen molar-refractivity contribution in [2.75, 3.05) is 0 Å². The summed E-state index contributed by atoms with van der Waals surface area (Å²) in [6, 6.07) is 57.5. The van der Waals surface area contributed by atoms with Crippen LogP contribution in [0.2, 0.25) is 0 Å². The minimum Gasteiger partial charge on any atom is -0.507 e. The molecule has 0 aliphatic rings. The van der Waals surface area contributed by atoms with E-state index in [4.69, 9.17) is 11.3 Å². The van der Waals surface area contributed by atoms with Crippen LogP contribution in [-0.2, 0) is 21.1 Å². The van der Waals surface area contributed by atoms with Crippen LogP contribution in [0.3, 0.4) is 0 Å². The third-order valence-corrected chi connectivity index (χ3v) is 11.4. The summed E-state index contributed by atoms with van der Waals surface area (Å²) in [6.07, 6.45) is 1.84. The van der Waals surface area contributed by atoms with Crippen LogP contribution >= 0.6 is 0 Å². The Kier molecular flexibility index (Phi) is 11.0. The Balaban J connectivity index is 0.00000544. The van der Waals surface area contributed by atoms with Crippen molar-refractivity contribution in [3.05, 3.63) is 192 Å². The Morgan fingerprint density at radius 1 is 0.590 bits per heavy atom. The number of hydrogen-bond donors (Lipinski definition) is 1. The minimum absolute atomic E-state index is 0. The summed E-state index contributed by atoms with van der Waals surface area (Å²) in [7, 11) is 0. The number of para-hydroxylation sites is 1. The summed E-state index contributed by atoms with van der Waals surface area (Å²) in [5.74, 6) is -0.813. The van der Waals surface area contributed by atoms with Crippen LogP contribution in [0.1, 0.15) is 64.5 Å². The molecule has 0 saturated carbocycles. The normalized spacial score (nSPS) is 12.2. The summed E-state index contributed by atoms with van der Waals surface area (Å²) in [6.45, 7) is 11.6. The molecule has 0 spiro atoms. The standard InChI is InChI=1S/C56H48N3O.Pt/c1-35(2)39-20-22-41(23-21-39)43-26-27-57-52(33-43)46-31-44(40-14-9-7-10-15-40)30-45(32-46)49-18-13-19-53-54(49)58-56(51-29-37(5)28-38(6)55(51)60)59(53)47-24-25-48(50(34-47)36(3)4)42-16-11-8-12-17-42;/h7-31,33-36,60H,1-6H3;/q-1;/i35D,36D;. The number of aromatic nitrogens is 3. The number of fused-ring (bicyclic) bond motifs is 1. The molecule has 5 heteroatoms. The molecule has 61 heavy (non-hydrogen) atoms. The number of hydrogen-bond acceptors (Lipinski definition) is 3. The van der Waals surface area contributed by atoms with E-state index in [9.17, 15) is 6.48 Å². The van der Waals surface area contributed by atoms with E-state index in [1.54, 1.807) is 0 Å². The number of aromatic hydroxyl groups is 1. The topological polar surface area (TPSA) is 50.9 Å². The molecular formula is C56H48N3OPt-. The number of phenolic OH excluding ortho intramolecular Hbond substituents is 1. The second-order valence-corrected chi connectivity index (χ2v) is 16.1. The summed E-state index contributed by atoms with van der Waals surface area (Å²) < 4.78 is 19.9. The largest absolute Gasteiger partial charge is 0.507 e. The van der Waals surface area contributed by atoms with Gasteiger partial charge >= 0.3 is 0 Å². The molecule has 7 aromatic carbocycles. The molecule has 2 heterocycles. The van der Waals surface area contributed by atoms with Gasteiger partial charge in [0.2, 0.25) is 0 Å². The van der Waals surface area contributed by atoms with E-state index in [2.05, 4.69) is 102 Å². The van der Waals surface area contributed by atoms with Gasteiger partial charge in [0.05, 0.1) is 16.6 Å². The van der Waals surface area contributed by atoms with Crippen molar-refractivity contribution in [2.24, 2.45) is 0 Å². The first-order valence-electron chi connectivity index (χ1n) is 21.5. The van der Waals surface area contributed by atoms with Crippen molar-refractivity contribution in [1.29, 1.82) is 0 Å². The zero-order valence-corrected chi connectivity index (χ0v) is 37.5. The Hall–Kier alpha value is -6.35. The van der Waals surface area contributed by atoms with Crippen molar-refractivity contribution >= 4 is 11.0 Å². The number of phenols is 1. The number of nitrogens with zero attached hydrogens (tertiary/aromatic N) is 3. The second kappa shape index (κ2) is 17.3. The molecule has 304 valence electrons. The predicted molar refractivity (Wildman–Crippen MR) is 250 cm³/mol. The van der Waals surface area contributed by atoms with Crippen LogP contribution in [0.4, 0.5) is 0 Å². The van der Waals surface area contributed by atoms with Crippen LogP contribution < -0.4 is 0 Å². The molecule has 0 bridgehead atoms. The molecule has 0 atom stereocenters. The third kappa shape index (κ3) is 8.13. The van der Waals surface area contributed by atoms with E-state index in [0.717, 1.165) is 94.7 Å². The van der Waals surface area contributed by atoms with Gasteiger partial charge in [-0.25, -0.2) is 4.98 Å². The first-order chi connectivity index (χ1) is 29.7. The van der Waals surface area contributed by atoms with Gasteiger partial charge < -0.3 is 5.11 Å². The van der Waals surface area contributed by atoms with Crippen LogP contribution in [0.5, 0.6) is 5.75 Å². The molecule has 9 rings (SSSR count). The minimum atomic E-state index is -0.915. The fourth-order valence-corrected chi connectivity index (χ4v) is 8.25. The zero-order valence-electron chi connectivity index (χ0n) is 37.2. The SMILES string of the molecule is [2H]C(C)(C)c1ccc(-c2ccnc(-c3[c-]c(-c4cccc5c4nc(-c4cc(C)cc(C)c4O)n5-c4ccc(-c5ccccc5)c(C([2H])(C)C)c4)cc(-c4ccccc4)c3)c2)cc1.[Pt]. The summed E-state index contributed by atoms with van der Waals surface area (Å²) >= 11 is 0. The summed E-state index contributed by atoms with van der Waals surface area (Å²) in [5, 5.41) is 11.7. The van der Waals surface area contributed by atoms with E-state index in [0.29, 0.717) is 11.4 Å². The van der Waals surface area contributed by atoms with E-state index in [1.807, 2.05) is 114 Å².